The molecular formula is C16H18Cl2N2O2. The lowest BCUT2D eigenvalue weighted by atomic mass is 9.99. The average Bonchev–Trinajstić information content (AvgIpc) is 2.82. The first-order chi connectivity index (χ1) is 10.2. The molecule has 0 aliphatic rings. The molecule has 0 fully saturated rings. The Kier molecular flexibility index (Phi) is 4.83. The predicted molar refractivity (Wildman–Crippen MR) is 88.7 cm³/mol. The van der Waals surface area contributed by atoms with E-state index in [9.17, 15) is 9.90 Å². The lowest BCUT2D eigenvalue weighted by Crippen LogP contribution is -2.08. The van der Waals surface area contributed by atoms with E-state index in [2.05, 4.69) is 5.10 Å². The first kappa shape index (κ1) is 16.8. The van der Waals surface area contributed by atoms with Crippen LogP contribution in [0.4, 0.5) is 0 Å². The van der Waals surface area contributed by atoms with Crippen molar-refractivity contribution in [2.45, 2.75) is 39.5 Å². The molecule has 0 spiro atoms. The highest BCUT2D eigenvalue weighted by molar-refractivity contribution is 6.42. The standard InChI is InChI=1S/C16H18Cl2N2O2/c1-8(2)14-13(16(21)22)15(9(3)4)20(19-14)10-5-6-11(17)12(18)7-10/h5-9H,1-4H3,(H,21,22). The van der Waals surface area contributed by atoms with Crippen LogP contribution in [0.1, 0.15) is 61.3 Å². The third-order valence-corrected chi connectivity index (χ3v) is 4.14. The van der Waals surface area contributed by atoms with Crippen molar-refractivity contribution < 1.29 is 9.90 Å². The number of carboxylic acids is 1. The summed E-state index contributed by atoms with van der Waals surface area (Å²) in [5, 5.41) is 15.0. The molecule has 2 rings (SSSR count). The minimum absolute atomic E-state index is 0.000513. The number of benzene rings is 1. The van der Waals surface area contributed by atoms with E-state index in [4.69, 9.17) is 23.2 Å². The van der Waals surface area contributed by atoms with Gasteiger partial charge in [-0.1, -0.05) is 50.9 Å². The topological polar surface area (TPSA) is 55.1 Å². The van der Waals surface area contributed by atoms with Gasteiger partial charge in [0.2, 0.25) is 0 Å². The van der Waals surface area contributed by atoms with Gasteiger partial charge in [-0.2, -0.15) is 5.10 Å². The Morgan fingerprint density at radius 3 is 2.23 bits per heavy atom. The largest absolute Gasteiger partial charge is 0.478 e. The second-order valence-electron chi connectivity index (χ2n) is 5.77. The summed E-state index contributed by atoms with van der Waals surface area (Å²) in [4.78, 5) is 11.7. The molecular weight excluding hydrogens is 323 g/mol. The first-order valence-corrected chi connectivity index (χ1v) is 7.81. The van der Waals surface area contributed by atoms with Crippen LogP contribution in [0, 0.1) is 0 Å². The van der Waals surface area contributed by atoms with E-state index in [1.165, 1.54) is 0 Å². The van der Waals surface area contributed by atoms with Crippen LogP contribution in [0.2, 0.25) is 10.0 Å². The van der Waals surface area contributed by atoms with Crippen LogP contribution in [-0.2, 0) is 0 Å². The lowest BCUT2D eigenvalue weighted by molar-refractivity contribution is 0.0693. The van der Waals surface area contributed by atoms with E-state index < -0.39 is 5.97 Å². The number of nitrogens with zero attached hydrogens (tertiary/aromatic N) is 2. The van der Waals surface area contributed by atoms with E-state index in [1.54, 1.807) is 22.9 Å². The Hall–Kier alpha value is -1.52. The maximum Gasteiger partial charge on any atom is 0.339 e. The van der Waals surface area contributed by atoms with Crippen LogP contribution in [0.15, 0.2) is 18.2 Å². The normalized spacial score (nSPS) is 11.5. The fourth-order valence-electron chi connectivity index (χ4n) is 2.42. The minimum Gasteiger partial charge on any atom is -0.478 e. The highest BCUT2D eigenvalue weighted by atomic mass is 35.5. The Morgan fingerprint density at radius 2 is 1.77 bits per heavy atom. The fourth-order valence-corrected chi connectivity index (χ4v) is 2.71. The molecule has 0 aliphatic carbocycles. The molecule has 118 valence electrons. The van der Waals surface area contributed by atoms with Gasteiger partial charge < -0.3 is 5.11 Å². The van der Waals surface area contributed by atoms with Crippen molar-refractivity contribution in [2.24, 2.45) is 0 Å². The Balaban J connectivity index is 2.77. The van der Waals surface area contributed by atoms with Gasteiger partial charge in [-0.05, 0) is 30.0 Å². The number of halogens is 2. The maximum absolute atomic E-state index is 11.7. The zero-order valence-electron chi connectivity index (χ0n) is 12.9. The summed E-state index contributed by atoms with van der Waals surface area (Å²) < 4.78 is 1.66. The maximum atomic E-state index is 11.7. The van der Waals surface area contributed by atoms with Crippen molar-refractivity contribution in [3.63, 3.8) is 0 Å². The molecule has 0 amide bonds. The van der Waals surface area contributed by atoms with E-state index >= 15 is 0 Å². The molecule has 1 N–H and O–H groups in total. The van der Waals surface area contributed by atoms with Crippen LogP contribution < -0.4 is 0 Å². The zero-order chi connectivity index (χ0) is 16.6. The molecule has 0 radical (unpaired) electrons. The number of hydrogen-bond donors (Lipinski definition) is 1. The van der Waals surface area contributed by atoms with Crippen LogP contribution in [0.25, 0.3) is 5.69 Å². The smallest absolute Gasteiger partial charge is 0.339 e. The van der Waals surface area contributed by atoms with E-state index in [0.717, 1.165) is 0 Å². The first-order valence-electron chi connectivity index (χ1n) is 7.05. The summed E-state index contributed by atoms with van der Waals surface area (Å²) >= 11 is 12.0. The van der Waals surface area contributed by atoms with Crippen molar-refractivity contribution in [1.29, 1.82) is 0 Å². The Morgan fingerprint density at radius 1 is 1.14 bits per heavy atom. The Labute approximate surface area is 139 Å². The summed E-state index contributed by atoms with van der Waals surface area (Å²) in [6.45, 7) is 7.75. The van der Waals surface area contributed by atoms with Gasteiger partial charge in [0.1, 0.15) is 5.56 Å². The molecule has 4 nitrogen and oxygen atoms in total. The lowest BCUT2D eigenvalue weighted by Gasteiger charge is -2.12. The third-order valence-electron chi connectivity index (χ3n) is 3.40. The molecule has 0 atom stereocenters. The summed E-state index contributed by atoms with van der Waals surface area (Å²) in [6, 6.07) is 5.15. The SMILES string of the molecule is CC(C)c1nn(-c2ccc(Cl)c(Cl)c2)c(C(C)C)c1C(=O)O. The molecule has 2 aromatic rings. The third kappa shape index (κ3) is 2.99. The van der Waals surface area contributed by atoms with Crippen LogP contribution >= 0.6 is 23.2 Å². The molecule has 22 heavy (non-hydrogen) atoms. The molecule has 6 heteroatoms. The quantitative estimate of drug-likeness (QED) is 0.839. The van der Waals surface area contributed by atoms with Crippen molar-refractivity contribution in [3.8, 4) is 5.69 Å². The molecule has 0 bridgehead atoms. The van der Waals surface area contributed by atoms with Crippen molar-refractivity contribution in [2.75, 3.05) is 0 Å². The highest BCUT2D eigenvalue weighted by Crippen LogP contribution is 2.31. The van der Waals surface area contributed by atoms with Gasteiger partial charge >= 0.3 is 5.97 Å². The molecule has 0 saturated carbocycles. The van der Waals surface area contributed by atoms with Crippen molar-refractivity contribution in [1.82, 2.24) is 9.78 Å². The van der Waals surface area contributed by atoms with E-state index in [-0.39, 0.29) is 17.4 Å². The molecule has 1 aromatic carbocycles. The summed E-state index contributed by atoms with van der Waals surface area (Å²) in [6.07, 6.45) is 0. The van der Waals surface area contributed by atoms with E-state index in [1.807, 2.05) is 27.7 Å². The summed E-state index contributed by atoms with van der Waals surface area (Å²) in [7, 11) is 0. The number of aromatic carboxylic acids is 1. The number of hydrogen-bond acceptors (Lipinski definition) is 2. The molecule has 1 aromatic heterocycles. The average molecular weight is 341 g/mol. The monoisotopic (exact) mass is 340 g/mol. The van der Waals surface area contributed by atoms with Gasteiger partial charge in [0.25, 0.3) is 0 Å². The number of rotatable bonds is 4. The molecule has 0 saturated heterocycles. The van der Waals surface area contributed by atoms with Gasteiger partial charge in [0.05, 0.1) is 27.1 Å². The van der Waals surface area contributed by atoms with Crippen LogP contribution in [-0.4, -0.2) is 20.9 Å². The van der Waals surface area contributed by atoms with Gasteiger partial charge in [-0.25, -0.2) is 9.48 Å². The van der Waals surface area contributed by atoms with Crippen LogP contribution in [0.3, 0.4) is 0 Å². The zero-order valence-corrected chi connectivity index (χ0v) is 14.4. The van der Waals surface area contributed by atoms with Gasteiger partial charge in [-0.15, -0.1) is 0 Å². The Bertz CT molecular complexity index is 721. The molecule has 0 aliphatic heterocycles. The number of carbonyl (C=O) groups is 1. The molecule has 1 heterocycles. The summed E-state index contributed by atoms with van der Waals surface area (Å²) in [5.41, 5.74) is 2.21. The minimum atomic E-state index is -0.960. The van der Waals surface area contributed by atoms with Crippen molar-refractivity contribution >= 4 is 29.2 Å². The number of aromatic nitrogens is 2. The highest BCUT2D eigenvalue weighted by Gasteiger charge is 2.27. The van der Waals surface area contributed by atoms with Crippen LogP contribution in [0.5, 0.6) is 0 Å². The van der Waals surface area contributed by atoms with E-state index in [0.29, 0.717) is 27.1 Å². The number of carboxylic acid groups (broad SMARTS) is 1. The van der Waals surface area contributed by atoms with Gasteiger partial charge in [0.15, 0.2) is 0 Å². The van der Waals surface area contributed by atoms with Gasteiger partial charge in [0, 0.05) is 0 Å². The fraction of sp³-hybridized carbons (Fsp3) is 0.375. The van der Waals surface area contributed by atoms with Crippen molar-refractivity contribution in [3.05, 3.63) is 45.2 Å². The summed E-state index contributed by atoms with van der Waals surface area (Å²) in [5.74, 6) is -0.952. The molecule has 0 unspecified atom stereocenters. The second-order valence-corrected chi connectivity index (χ2v) is 6.58. The predicted octanol–water partition coefficient (Wildman–Crippen LogP) is 5.12. The second kappa shape index (κ2) is 6.31. The van der Waals surface area contributed by atoms with Gasteiger partial charge in [-0.3, -0.25) is 0 Å².